The molecule has 1 N–H and O–H groups in total. The molecule has 1 aromatic carbocycles. The molecule has 2 aliphatic carbocycles. The highest BCUT2D eigenvalue weighted by Crippen LogP contribution is 2.50. The quantitative estimate of drug-likeness (QED) is 0.368. The number of Topliss-reactive ketones (excluding diaryl/α,β-unsaturated/α-hetero) is 1. The number of aromatic nitrogens is 3. The van der Waals surface area contributed by atoms with Gasteiger partial charge in [-0.25, -0.2) is 4.68 Å². The molecule has 2 aromatic heterocycles. The fourth-order valence-corrected chi connectivity index (χ4v) is 5.90. The molecule has 6 heteroatoms. The minimum atomic E-state index is 0.196. The first-order valence-corrected chi connectivity index (χ1v) is 13.4. The number of hydrogen-bond donors (Lipinski definition) is 1. The van der Waals surface area contributed by atoms with Crippen molar-refractivity contribution in [2.75, 3.05) is 0 Å². The van der Waals surface area contributed by atoms with E-state index >= 15 is 0 Å². The maximum atomic E-state index is 13.1. The molecule has 5 nitrogen and oxygen atoms in total. The molecule has 3 aromatic rings. The molecule has 6 rings (SSSR count). The van der Waals surface area contributed by atoms with Crippen LogP contribution >= 0.6 is 0 Å². The van der Waals surface area contributed by atoms with Gasteiger partial charge < -0.3 is 5.32 Å². The normalized spacial score (nSPS) is 24.4. The van der Waals surface area contributed by atoms with Crippen molar-refractivity contribution >= 4 is 31.0 Å². The lowest BCUT2D eigenvalue weighted by Crippen LogP contribution is -2.23. The van der Waals surface area contributed by atoms with E-state index < -0.39 is 0 Å². The molecule has 37 heavy (non-hydrogen) atoms. The van der Waals surface area contributed by atoms with Crippen LogP contribution in [0.5, 0.6) is 0 Å². The van der Waals surface area contributed by atoms with Crippen molar-refractivity contribution < 1.29 is 4.79 Å². The van der Waals surface area contributed by atoms with Crippen LogP contribution in [-0.4, -0.2) is 28.4 Å². The predicted molar refractivity (Wildman–Crippen MR) is 147 cm³/mol. The van der Waals surface area contributed by atoms with Crippen LogP contribution in [0.3, 0.4) is 0 Å². The van der Waals surface area contributed by atoms with Crippen LogP contribution in [0, 0.1) is 17.8 Å². The lowest BCUT2D eigenvalue weighted by Gasteiger charge is -2.28. The Hall–Kier alpha value is -3.63. The van der Waals surface area contributed by atoms with E-state index in [0.717, 1.165) is 61.2 Å². The summed E-state index contributed by atoms with van der Waals surface area (Å²) in [5, 5.41) is 8.02. The number of benzene rings is 1. The van der Waals surface area contributed by atoms with Crippen molar-refractivity contribution in [1.82, 2.24) is 20.1 Å². The molecule has 0 saturated heterocycles. The summed E-state index contributed by atoms with van der Waals surface area (Å²) in [6.07, 6.45) is 15.2. The van der Waals surface area contributed by atoms with Crippen LogP contribution in [0.2, 0.25) is 0 Å². The largest absolute Gasteiger partial charge is 0.366 e. The van der Waals surface area contributed by atoms with E-state index in [0.29, 0.717) is 35.5 Å². The van der Waals surface area contributed by atoms with E-state index in [1.807, 2.05) is 29.1 Å². The second-order valence-corrected chi connectivity index (χ2v) is 10.6. The molecule has 1 unspecified atom stereocenters. The Morgan fingerprint density at radius 1 is 1.08 bits per heavy atom. The summed E-state index contributed by atoms with van der Waals surface area (Å²) in [6, 6.07) is 14.6. The molecule has 2 atom stereocenters. The van der Waals surface area contributed by atoms with E-state index in [2.05, 4.69) is 57.5 Å². The Kier molecular flexibility index (Phi) is 6.67. The maximum Gasteiger partial charge on any atom is 0.136 e. The number of nitrogens with zero attached hydrogens (tertiary/aromatic N) is 3. The first-order valence-electron chi connectivity index (χ1n) is 13.4. The molecule has 0 amide bonds. The van der Waals surface area contributed by atoms with Gasteiger partial charge in [-0.2, -0.15) is 5.10 Å². The van der Waals surface area contributed by atoms with Crippen molar-refractivity contribution in [3.8, 4) is 0 Å². The third-order valence-electron chi connectivity index (χ3n) is 8.16. The Balaban J connectivity index is 1.10. The van der Waals surface area contributed by atoms with Crippen molar-refractivity contribution in [3.05, 3.63) is 95.3 Å². The molecule has 2 radical (unpaired) electrons. The second-order valence-electron chi connectivity index (χ2n) is 10.6. The molecule has 3 heterocycles. The first-order chi connectivity index (χ1) is 18.2. The number of fused-ring (bicyclic) bond motifs is 1. The molecular formula is C31H31BN4O. The Labute approximate surface area is 219 Å². The average Bonchev–Trinajstić information content (AvgIpc) is 3.66. The minimum Gasteiger partial charge on any atom is -0.366 e. The van der Waals surface area contributed by atoms with E-state index in [1.165, 1.54) is 5.56 Å². The minimum absolute atomic E-state index is 0.196. The molecule has 2 fully saturated rings. The van der Waals surface area contributed by atoms with Gasteiger partial charge in [0.15, 0.2) is 0 Å². The van der Waals surface area contributed by atoms with Gasteiger partial charge in [0.25, 0.3) is 0 Å². The molecule has 2 saturated carbocycles. The van der Waals surface area contributed by atoms with Gasteiger partial charge in [-0.15, -0.1) is 5.73 Å². The highest BCUT2D eigenvalue weighted by atomic mass is 16.1. The maximum absolute atomic E-state index is 13.1. The van der Waals surface area contributed by atoms with Crippen molar-refractivity contribution in [3.63, 3.8) is 0 Å². The van der Waals surface area contributed by atoms with Gasteiger partial charge in [0.1, 0.15) is 19.5 Å². The van der Waals surface area contributed by atoms with E-state index in [9.17, 15) is 4.79 Å². The Morgan fingerprint density at radius 3 is 2.70 bits per heavy atom. The third-order valence-corrected chi connectivity index (χ3v) is 8.16. The van der Waals surface area contributed by atoms with E-state index in [4.69, 9.17) is 7.85 Å². The number of carbonyl (C=O) groups is 1. The van der Waals surface area contributed by atoms with Crippen LogP contribution in [0.25, 0.3) is 11.9 Å². The predicted octanol–water partition coefficient (Wildman–Crippen LogP) is 4.78. The number of pyridine rings is 1. The smallest absolute Gasteiger partial charge is 0.136 e. The zero-order valence-electron chi connectivity index (χ0n) is 21.0. The van der Waals surface area contributed by atoms with Gasteiger partial charge >= 0.3 is 0 Å². The summed E-state index contributed by atoms with van der Waals surface area (Å²) in [7, 11) is 6.20. The van der Waals surface area contributed by atoms with Gasteiger partial charge in [-0.3, -0.25) is 9.78 Å². The van der Waals surface area contributed by atoms with Crippen LogP contribution in [0.1, 0.15) is 61.3 Å². The molecule has 0 spiro atoms. The number of ketones is 1. The van der Waals surface area contributed by atoms with Gasteiger partial charge in [0, 0.05) is 49.1 Å². The van der Waals surface area contributed by atoms with Crippen LogP contribution in [0.15, 0.2) is 78.4 Å². The lowest BCUT2D eigenvalue weighted by molar-refractivity contribution is -0.124. The van der Waals surface area contributed by atoms with Gasteiger partial charge in [0.05, 0.1) is 5.69 Å². The standard InChI is InChI=1S/C31H31BN4O/c32-28-20-35-36-29(28)13-12-25(17-31(36)34-19-21-5-4-14-33-18-21)22-8-10-24(11-9-22)30(37)16-26-15-27(26)23-6-2-1-3-7-23/h1-7,13-14,17-18,20,22,24,26-27,34H,8-11,15-16,19H2/t22?,24?,26?,27-/m0/s1. The third kappa shape index (κ3) is 5.26. The molecule has 184 valence electrons. The zero-order chi connectivity index (χ0) is 25.2. The number of allylic oxidation sites excluding steroid dienone is 2. The second kappa shape index (κ2) is 10.4. The fraction of sp³-hybridized carbons (Fsp3) is 0.355. The summed E-state index contributed by atoms with van der Waals surface area (Å²) >= 11 is 0. The summed E-state index contributed by atoms with van der Waals surface area (Å²) in [4.78, 5) is 17.3. The topological polar surface area (TPSA) is 59.8 Å². The highest BCUT2D eigenvalue weighted by Gasteiger charge is 2.41. The molecule has 1 aliphatic heterocycles. The fourth-order valence-electron chi connectivity index (χ4n) is 5.90. The lowest BCUT2D eigenvalue weighted by atomic mass is 9.76. The monoisotopic (exact) mass is 486 g/mol. The van der Waals surface area contributed by atoms with Crippen LogP contribution < -0.4 is 10.8 Å². The van der Waals surface area contributed by atoms with Crippen molar-refractivity contribution in [2.45, 2.75) is 51.0 Å². The summed E-state index contributed by atoms with van der Waals surface area (Å²) in [5.41, 5.74) is 8.60. The number of nitrogens with one attached hydrogen (secondary N) is 1. The van der Waals surface area contributed by atoms with Gasteiger partial charge in [-0.05, 0) is 73.1 Å². The van der Waals surface area contributed by atoms with Crippen molar-refractivity contribution in [2.24, 2.45) is 17.8 Å². The SMILES string of the molecule is [B]c1cnn2c1C=C=C(C1CCC(C(=O)CC3C[C@H]3c3ccccc3)CC1)C=C2NCc1cccnc1. The van der Waals surface area contributed by atoms with Crippen LogP contribution in [-0.2, 0) is 11.3 Å². The van der Waals surface area contributed by atoms with Gasteiger partial charge in [0.2, 0.25) is 0 Å². The van der Waals surface area contributed by atoms with E-state index in [1.54, 1.807) is 12.4 Å². The highest BCUT2D eigenvalue weighted by molar-refractivity contribution is 6.34. The molecule has 3 aliphatic rings. The molecule has 0 bridgehead atoms. The first kappa shape index (κ1) is 23.8. The van der Waals surface area contributed by atoms with Gasteiger partial charge in [-0.1, -0.05) is 41.9 Å². The summed E-state index contributed by atoms with van der Waals surface area (Å²) in [6.45, 7) is 0.637. The zero-order valence-corrected chi connectivity index (χ0v) is 21.0. The molecular weight excluding hydrogens is 455 g/mol. The number of rotatable bonds is 8. The number of carbonyl (C=O) groups excluding carboxylic acids is 1. The summed E-state index contributed by atoms with van der Waals surface area (Å²) in [5.74, 6) is 3.02. The summed E-state index contributed by atoms with van der Waals surface area (Å²) < 4.78 is 1.85. The van der Waals surface area contributed by atoms with Crippen molar-refractivity contribution in [1.29, 1.82) is 0 Å². The number of hydrogen-bond acceptors (Lipinski definition) is 4. The average molecular weight is 486 g/mol. The van der Waals surface area contributed by atoms with E-state index in [-0.39, 0.29) is 5.92 Å². The van der Waals surface area contributed by atoms with Crippen LogP contribution in [0.4, 0.5) is 0 Å². The Bertz CT molecular complexity index is 1360. The Morgan fingerprint density at radius 2 is 1.92 bits per heavy atom.